The van der Waals surface area contributed by atoms with Crippen LogP contribution in [0.5, 0.6) is 0 Å². The Morgan fingerprint density at radius 1 is 1.29 bits per heavy atom. The lowest BCUT2D eigenvalue weighted by atomic mass is 9.88. The van der Waals surface area contributed by atoms with Gasteiger partial charge in [0.15, 0.2) is 0 Å². The van der Waals surface area contributed by atoms with Gasteiger partial charge in [0.2, 0.25) is 5.91 Å². The second-order valence-electron chi connectivity index (χ2n) is 5.49. The Kier molecular flexibility index (Phi) is 5.09. The molecule has 2 aromatic rings. The molecular weight excluding hydrogens is 264 g/mol. The SMILES string of the molecule is Cc1nncn1CCNC(=O)[C@H](c1ccccc1)C(C)C. The van der Waals surface area contributed by atoms with Crippen molar-refractivity contribution in [2.24, 2.45) is 5.92 Å². The maximum absolute atomic E-state index is 12.4. The van der Waals surface area contributed by atoms with E-state index in [0.717, 1.165) is 11.4 Å². The van der Waals surface area contributed by atoms with Gasteiger partial charge in [-0.05, 0) is 18.4 Å². The summed E-state index contributed by atoms with van der Waals surface area (Å²) in [4.78, 5) is 12.4. The highest BCUT2D eigenvalue weighted by molar-refractivity contribution is 5.83. The van der Waals surface area contributed by atoms with Crippen LogP contribution in [0.4, 0.5) is 0 Å². The van der Waals surface area contributed by atoms with E-state index < -0.39 is 0 Å². The van der Waals surface area contributed by atoms with Gasteiger partial charge in [-0.2, -0.15) is 0 Å². The molecule has 0 aliphatic rings. The smallest absolute Gasteiger partial charge is 0.227 e. The second-order valence-corrected chi connectivity index (χ2v) is 5.49. The highest BCUT2D eigenvalue weighted by Gasteiger charge is 2.23. The Morgan fingerprint density at radius 2 is 2.00 bits per heavy atom. The standard InChI is InChI=1S/C16H22N4O/c1-12(2)15(14-7-5-4-6-8-14)16(21)17-9-10-20-11-18-19-13(20)3/h4-8,11-12,15H,9-10H2,1-3H3,(H,17,21)/t15-/m0/s1. The van der Waals surface area contributed by atoms with Crippen molar-refractivity contribution >= 4 is 5.91 Å². The van der Waals surface area contributed by atoms with Crippen LogP contribution >= 0.6 is 0 Å². The third kappa shape index (κ3) is 3.90. The van der Waals surface area contributed by atoms with Gasteiger partial charge in [0.25, 0.3) is 0 Å². The molecule has 2 rings (SSSR count). The molecule has 112 valence electrons. The molecule has 0 saturated heterocycles. The van der Waals surface area contributed by atoms with E-state index in [0.29, 0.717) is 13.1 Å². The van der Waals surface area contributed by atoms with Gasteiger partial charge in [-0.15, -0.1) is 10.2 Å². The number of nitrogens with zero attached hydrogens (tertiary/aromatic N) is 3. The van der Waals surface area contributed by atoms with Crippen LogP contribution in [0.2, 0.25) is 0 Å². The fourth-order valence-electron chi connectivity index (χ4n) is 2.44. The highest BCUT2D eigenvalue weighted by atomic mass is 16.1. The van der Waals surface area contributed by atoms with Gasteiger partial charge >= 0.3 is 0 Å². The molecule has 0 saturated carbocycles. The second kappa shape index (κ2) is 7.02. The van der Waals surface area contributed by atoms with Gasteiger partial charge in [-0.1, -0.05) is 44.2 Å². The summed E-state index contributed by atoms with van der Waals surface area (Å²) in [5, 5.41) is 10.8. The van der Waals surface area contributed by atoms with E-state index in [1.165, 1.54) is 0 Å². The summed E-state index contributed by atoms with van der Waals surface area (Å²) in [5.74, 6) is 1.06. The van der Waals surface area contributed by atoms with Gasteiger partial charge in [-0.25, -0.2) is 0 Å². The minimum atomic E-state index is -0.117. The van der Waals surface area contributed by atoms with Gasteiger partial charge in [0.1, 0.15) is 12.2 Å². The molecule has 0 fully saturated rings. The molecule has 1 aromatic carbocycles. The van der Waals surface area contributed by atoms with Crippen LogP contribution in [0, 0.1) is 12.8 Å². The summed E-state index contributed by atoms with van der Waals surface area (Å²) in [6.45, 7) is 7.30. The quantitative estimate of drug-likeness (QED) is 0.885. The molecule has 0 radical (unpaired) electrons. The van der Waals surface area contributed by atoms with Crippen molar-refractivity contribution in [1.29, 1.82) is 0 Å². The lowest BCUT2D eigenvalue weighted by Gasteiger charge is -2.20. The normalized spacial score (nSPS) is 12.4. The first-order valence-corrected chi connectivity index (χ1v) is 7.26. The molecule has 21 heavy (non-hydrogen) atoms. The Labute approximate surface area is 125 Å². The van der Waals surface area contributed by atoms with Crippen LogP contribution in [0.1, 0.15) is 31.2 Å². The van der Waals surface area contributed by atoms with Crippen molar-refractivity contribution in [3.8, 4) is 0 Å². The summed E-state index contributed by atoms with van der Waals surface area (Å²) in [5.41, 5.74) is 1.06. The van der Waals surface area contributed by atoms with Crippen LogP contribution in [0.3, 0.4) is 0 Å². The fourth-order valence-corrected chi connectivity index (χ4v) is 2.44. The molecule has 1 amide bonds. The molecule has 5 nitrogen and oxygen atoms in total. The number of aromatic nitrogens is 3. The number of hydrogen-bond acceptors (Lipinski definition) is 3. The third-order valence-electron chi connectivity index (χ3n) is 3.57. The highest BCUT2D eigenvalue weighted by Crippen LogP contribution is 2.24. The number of hydrogen-bond donors (Lipinski definition) is 1. The fraction of sp³-hybridized carbons (Fsp3) is 0.438. The largest absolute Gasteiger partial charge is 0.354 e. The van der Waals surface area contributed by atoms with E-state index in [1.807, 2.05) is 41.8 Å². The predicted octanol–water partition coefficient (Wildman–Crippen LogP) is 2.14. The number of aryl methyl sites for hydroxylation is 1. The summed E-state index contributed by atoms with van der Waals surface area (Å²) >= 11 is 0. The molecule has 1 atom stereocenters. The van der Waals surface area contributed by atoms with Crippen molar-refractivity contribution in [1.82, 2.24) is 20.1 Å². The molecule has 1 heterocycles. The van der Waals surface area contributed by atoms with Crippen LogP contribution in [-0.2, 0) is 11.3 Å². The topological polar surface area (TPSA) is 59.8 Å². The van der Waals surface area contributed by atoms with Crippen LogP contribution in [0.15, 0.2) is 36.7 Å². The lowest BCUT2D eigenvalue weighted by Crippen LogP contribution is -2.34. The predicted molar refractivity (Wildman–Crippen MR) is 81.8 cm³/mol. The molecule has 0 bridgehead atoms. The first-order chi connectivity index (χ1) is 10.1. The summed E-state index contributed by atoms with van der Waals surface area (Å²) in [7, 11) is 0. The van der Waals surface area contributed by atoms with Crippen molar-refractivity contribution in [3.05, 3.63) is 48.0 Å². The minimum Gasteiger partial charge on any atom is -0.354 e. The third-order valence-corrected chi connectivity index (χ3v) is 3.57. The number of carbonyl (C=O) groups is 1. The lowest BCUT2D eigenvalue weighted by molar-refractivity contribution is -0.123. The van der Waals surface area contributed by atoms with Gasteiger partial charge in [0, 0.05) is 13.1 Å². The van der Waals surface area contributed by atoms with Crippen molar-refractivity contribution in [2.75, 3.05) is 6.54 Å². The van der Waals surface area contributed by atoms with E-state index in [-0.39, 0.29) is 17.7 Å². The molecule has 0 unspecified atom stereocenters. The molecule has 0 spiro atoms. The zero-order valence-electron chi connectivity index (χ0n) is 12.8. The monoisotopic (exact) mass is 286 g/mol. The molecule has 0 aliphatic heterocycles. The summed E-state index contributed by atoms with van der Waals surface area (Å²) in [6, 6.07) is 9.92. The first kappa shape index (κ1) is 15.2. The average molecular weight is 286 g/mol. The summed E-state index contributed by atoms with van der Waals surface area (Å²) < 4.78 is 1.92. The van der Waals surface area contributed by atoms with Crippen LogP contribution in [-0.4, -0.2) is 27.2 Å². The zero-order chi connectivity index (χ0) is 15.2. The minimum absolute atomic E-state index is 0.0712. The Bertz CT molecular complexity index is 577. The zero-order valence-corrected chi connectivity index (χ0v) is 12.8. The maximum atomic E-state index is 12.4. The van der Waals surface area contributed by atoms with Crippen LogP contribution in [0.25, 0.3) is 0 Å². The Hall–Kier alpha value is -2.17. The number of nitrogens with one attached hydrogen (secondary N) is 1. The number of amides is 1. The Balaban J connectivity index is 1.95. The van der Waals surface area contributed by atoms with Crippen molar-refractivity contribution in [2.45, 2.75) is 33.2 Å². The van der Waals surface area contributed by atoms with Gasteiger partial charge in [0.05, 0.1) is 5.92 Å². The van der Waals surface area contributed by atoms with E-state index in [9.17, 15) is 4.79 Å². The van der Waals surface area contributed by atoms with Gasteiger partial charge < -0.3 is 9.88 Å². The molecule has 1 N–H and O–H groups in total. The molecule has 0 aliphatic carbocycles. The molecule has 5 heteroatoms. The van der Waals surface area contributed by atoms with Crippen LogP contribution < -0.4 is 5.32 Å². The number of carbonyl (C=O) groups excluding carboxylic acids is 1. The van der Waals surface area contributed by atoms with Crippen molar-refractivity contribution in [3.63, 3.8) is 0 Å². The number of rotatable bonds is 6. The van der Waals surface area contributed by atoms with Gasteiger partial charge in [-0.3, -0.25) is 4.79 Å². The maximum Gasteiger partial charge on any atom is 0.227 e. The van der Waals surface area contributed by atoms with E-state index in [1.54, 1.807) is 6.33 Å². The van der Waals surface area contributed by atoms with E-state index in [2.05, 4.69) is 29.4 Å². The molecular formula is C16H22N4O. The van der Waals surface area contributed by atoms with E-state index >= 15 is 0 Å². The first-order valence-electron chi connectivity index (χ1n) is 7.26. The molecule has 1 aromatic heterocycles. The Morgan fingerprint density at radius 3 is 2.57 bits per heavy atom. The summed E-state index contributed by atoms with van der Waals surface area (Å²) in [6.07, 6.45) is 1.68. The average Bonchev–Trinajstić information content (AvgIpc) is 2.85. The van der Waals surface area contributed by atoms with E-state index in [4.69, 9.17) is 0 Å². The van der Waals surface area contributed by atoms with Crippen molar-refractivity contribution < 1.29 is 4.79 Å². The number of benzene rings is 1.